The van der Waals surface area contributed by atoms with E-state index in [1.165, 1.54) is 10.8 Å². The lowest BCUT2D eigenvalue weighted by atomic mass is 9.89. The van der Waals surface area contributed by atoms with Crippen LogP contribution < -0.4 is 0 Å². The van der Waals surface area contributed by atoms with Gasteiger partial charge in [-0.3, -0.25) is 0 Å². The maximum atomic E-state index is 6.66. The first-order valence-corrected chi connectivity index (χ1v) is 23.5. The van der Waals surface area contributed by atoms with E-state index >= 15 is 0 Å². The molecule has 0 saturated heterocycles. The van der Waals surface area contributed by atoms with Crippen molar-refractivity contribution in [1.29, 1.82) is 0 Å². The fourth-order valence-corrected chi connectivity index (χ4v) is 10.4. The van der Waals surface area contributed by atoms with E-state index < -0.39 is 0 Å². The molecule has 0 atom stereocenters. The number of para-hydroxylation sites is 4. The molecule has 0 N–H and O–H groups in total. The van der Waals surface area contributed by atoms with Crippen molar-refractivity contribution >= 4 is 65.4 Å². The van der Waals surface area contributed by atoms with E-state index in [-0.39, 0.29) is 0 Å². The standard InChI is InChI=1S/C64H39N5O/c1-3-17-42(18-4-1)61-52-39-57-60(51-28-10-14-32-56(51)70-57)58(59(52)50-27-7-11-29-53(50)65-61)41-35-33-40(34-36-41)44-21-15-22-45(37-44)63-66-62(43-19-5-2-6-20-43)67-64(68-63)46-23-16-24-47(38-46)69-54-30-12-8-25-48(54)49-26-9-13-31-55(49)69/h1-39H. The first-order valence-electron chi connectivity index (χ1n) is 23.5. The van der Waals surface area contributed by atoms with Gasteiger partial charge in [-0.15, -0.1) is 0 Å². The molecule has 10 aromatic carbocycles. The van der Waals surface area contributed by atoms with Crippen molar-refractivity contribution in [2.45, 2.75) is 0 Å². The van der Waals surface area contributed by atoms with Crippen molar-refractivity contribution in [3.63, 3.8) is 0 Å². The monoisotopic (exact) mass is 893 g/mol. The summed E-state index contributed by atoms with van der Waals surface area (Å²) in [5.41, 5.74) is 15.0. The van der Waals surface area contributed by atoms with Crippen molar-refractivity contribution in [2.24, 2.45) is 0 Å². The average molecular weight is 894 g/mol. The smallest absolute Gasteiger partial charge is 0.164 e. The second-order valence-electron chi connectivity index (χ2n) is 17.7. The molecule has 326 valence electrons. The second-order valence-corrected chi connectivity index (χ2v) is 17.7. The summed E-state index contributed by atoms with van der Waals surface area (Å²) in [4.78, 5) is 20.8. The van der Waals surface area contributed by atoms with Gasteiger partial charge in [0.05, 0.1) is 22.2 Å². The summed E-state index contributed by atoms with van der Waals surface area (Å²) in [6.07, 6.45) is 0. The van der Waals surface area contributed by atoms with E-state index in [9.17, 15) is 0 Å². The molecule has 0 aliphatic heterocycles. The number of rotatable bonds is 7. The van der Waals surface area contributed by atoms with E-state index in [0.717, 1.165) is 111 Å². The minimum absolute atomic E-state index is 0.601. The highest BCUT2D eigenvalue weighted by molar-refractivity contribution is 6.27. The summed E-state index contributed by atoms with van der Waals surface area (Å²) in [5, 5.41) is 7.90. The normalized spacial score (nSPS) is 11.7. The number of fused-ring (bicyclic) bond motifs is 9. The lowest BCUT2D eigenvalue weighted by Gasteiger charge is -2.16. The fourth-order valence-electron chi connectivity index (χ4n) is 10.4. The van der Waals surface area contributed by atoms with Crippen LogP contribution >= 0.6 is 0 Å². The van der Waals surface area contributed by atoms with E-state index in [2.05, 4.69) is 199 Å². The molecule has 70 heavy (non-hydrogen) atoms. The van der Waals surface area contributed by atoms with Crippen LogP contribution in [0.4, 0.5) is 0 Å². The van der Waals surface area contributed by atoms with E-state index in [4.69, 9.17) is 24.4 Å². The second kappa shape index (κ2) is 16.1. The quantitative estimate of drug-likeness (QED) is 0.149. The van der Waals surface area contributed by atoms with Gasteiger partial charge in [0, 0.05) is 71.2 Å². The SMILES string of the molecule is c1ccc(-c2nc(-c3cccc(-c4ccc(-c5c6c(cc7c(-c8ccccc8)nc8ccccc8c57)oc5ccccc56)cc4)c3)nc(-c3cccc(-n4c5ccccc5c5ccccc54)c3)n2)cc1. The molecular formula is C64H39N5O. The molecule has 0 saturated carbocycles. The maximum Gasteiger partial charge on any atom is 0.164 e. The molecular weight excluding hydrogens is 855 g/mol. The first kappa shape index (κ1) is 39.6. The molecule has 0 aliphatic carbocycles. The zero-order chi connectivity index (χ0) is 46.1. The Morgan fingerprint density at radius 1 is 0.300 bits per heavy atom. The lowest BCUT2D eigenvalue weighted by molar-refractivity contribution is 0.669. The number of furan rings is 1. The largest absolute Gasteiger partial charge is 0.456 e. The van der Waals surface area contributed by atoms with Crippen LogP contribution in [0.25, 0.3) is 139 Å². The van der Waals surface area contributed by atoms with Crippen molar-refractivity contribution in [3.05, 3.63) is 237 Å². The summed E-state index contributed by atoms with van der Waals surface area (Å²) in [5.74, 6) is 1.82. The number of pyridine rings is 1. The Morgan fingerprint density at radius 2 is 0.829 bits per heavy atom. The van der Waals surface area contributed by atoms with E-state index in [1.807, 2.05) is 42.5 Å². The zero-order valence-corrected chi connectivity index (χ0v) is 37.7. The van der Waals surface area contributed by atoms with Crippen LogP contribution in [0.1, 0.15) is 0 Å². The lowest BCUT2D eigenvalue weighted by Crippen LogP contribution is -2.01. The Kier molecular flexibility index (Phi) is 9.10. The Balaban J connectivity index is 0.901. The highest BCUT2D eigenvalue weighted by Gasteiger charge is 2.22. The van der Waals surface area contributed by atoms with Crippen LogP contribution in [0.3, 0.4) is 0 Å². The summed E-state index contributed by atoms with van der Waals surface area (Å²) in [6, 6.07) is 82.7. The van der Waals surface area contributed by atoms with Gasteiger partial charge in [-0.25, -0.2) is 19.9 Å². The number of nitrogens with zero attached hydrogens (tertiary/aromatic N) is 5. The van der Waals surface area contributed by atoms with Crippen LogP contribution in [-0.4, -0.2) is 24.5 Å². The van der Waals surface area contributed by atoms with Gasteiger partial charge in [-0.05, 0) is 65.2 Å². The van der Waals surface area contributed by atoms with Crippen molar-refractivity contribution in [2.75, 3.05) is 0 Å². The maximum absolute atomic E-state index is 6.66. The van der Waals surface area contributed by atoms with E-state index in [1.54, 1.807) is 0 Å². The molecule has 0 aliphatic rings. The van der Waals surface area contributed by atoms with Gasteiger partial charge < -0.3 is 8.98 Å². The third kappa shape index (κ3) is 6.49. The molecule has 0 unspecified atom stereocenters. The predicted molar refractivity (Wildman–Crippen MR) is 287 cm³/mol. The predicted octanol–water partition coefficient (Wildman–Crippen LogP) is 16.6. The number of benzene rings is 10. The zero-order valence-electron chi connectivity index (χ0n) is 37.7. The number of hydrogen-bond acceptors (Lipinski definition) is 5. The van der Waals surface area contributed by atoms with E-state index in [0.29, 0.717) is 17.5 Å². The molecule has 0 spiro atoms. The van der Waals surface area contributed by atoms with Gasteiger partial charge in [0.2, 0.25) is 0 Å². The molecule has 0 amide bonds. The first-order chi connectivity index (χ1) is 34.7. The van der Waals surface area contributed by atoms with Crippen LogP contribution in [0, 0.1) is 0 Å². The minimum atomic E-state index is 0.601. The average Bonchev–Trinajstić information content (AvgIpc) is 3.98. The van der Waals surface area contributed by atoms with Crippen LogP contribution in [-0.2, 0) is 0 Å². The fraction of sp³-hybridized carbons (Fsp3) is 0. The Morgan fingerprint density at radius 3 is 1.54 bits per heavy atom. The van der Waals surface area contributed by atoms with Crippen molar-refractivity contribution in [1.82, 2.24) is 24.5 Å². The number of aromatic nitrogens is 5. The van der Waals surface area contributed by atoms with Gasteiger partial charge in [-0.2, -0.15) is 0 Å². The Bertz CT molecular complexity index is 4290. The summed E-state index contributed by atoms with van der Waals surface area (Å²) in [7, 11) is 0. The Labute approximate surface area is 402 Å². The third-order valence-electron chi connectivity index (χ3n) is 13.6. The third-order valence-corrected chi connectivity index (χ3v) is 13.6. The van der Waals surface area contributed by atoms with Crippen molar-refractivity contribution < 1.29 is 4.42 Å². The molecule has 0 radical (unpaired) electrons. The van der Waals surface area contributed by atoms with Gasteiger partial charge in [0.15, 0.2) is 17.5 Å². The highest BCUT2D eigenvalue weighted by Crippen LogP contribution is 2.46. The van der Waals surface area contributed by atoms with Gasteiger partial charge in [-0.1, -0.05) is 188 Å². The molecule has 4 heterocycles. The molecule has 0 bridgehead atoms. The molecule has 14 aromatic rings. The van der Waals surface area contributed by atoms with Crippen LogP contribution in [0.15, 0.2) is 241 Å². The Hall–Kier alpha value is -9.52. The van der Waals surface area contributed by atoms with Gasteiger partial charge in [0.1, 0.15) is 11.2 Å². The van der Waals surface area contributed by atoms with Gasteiger partial charge >= 0.3 is 0 Å². The highest BCUT2D eigenvalue weighted by atomic mass is 16.3. The summed E-state index contributed by atoms with van der Waals surface area (Å²) in [6.45, 7) is 0. The summed E-state index contributed by atoms with van der Waals surface area (Å²) >= 11 is 0. The molecule has 6 nitrogen and oxygen atoms in total. The molecule has 6 heteroatoms. The topological polar surface area (TPSA) is 69.6 Å². The minimum Gasteiger partial charge on any atom is -0.456 e. The van der Waals surface area contributed by atoms with Gasteiger partial charge in [0.25, 0.3) is 0 Å². The summed E-state index contributed by atoms with van der Waals surface area (Å²) < 4.78 is 8.98. The number of hydrogen-bond donors (Lipinski definition) is 0. The van der Waals surface area contributed by atoms with Crippen molar-refractivity contribution in [3.8, 4) is 73.4 Å². The molecule has 0 fully saturated rings. The molecule has 14 rings (SSSR count). The van der Waals surface area contributed by atoms with Crippen LogP contribution in [0.2, 0.25) is 0 Å². The molecule has 4 aromatic heterocycles. The van der Waals surface area contributed by atoms with Crippen LogP contribution in [0.5, 0.6) is 0 Å².